The highest BCUT2D eigenvalue weighted by Crippen LogP contribution is 2.11. The molecule has 0 aliphatic carbocycles. The Morgan fingerprint density at radius 1 is 1.17 bits per heavy atom. The molecule has 1 aromatic carbocycles. The molecule has 7 heteroatoms. The van der Waals surface area contributed by atoms with Gasteiger partial charge < -0.3 is 4.90 Å². The van der Waals surface area contributed by atoms with Crippen molar-refractivity contribution in [2.75, 3.05) is 26.2 Å². The second-order valence-corrected chi connectivity index (χ2v) is 6.11. The molecule has 6 nitrogen and oxygen atoms in total. The topological polar surface area (TPSA) is 62.5 Å². The molecule has 0 saturated carbocycles. The molecule has 2 aromatic rings. The number of carbonyl (C=O) groups excluding carboxylic acids is 1. The third kappa shape index (κ3) is 4.17. The van der Waals surface area contributed by atoms with Crippen molar-refractivity contribution in [2.24, 2.45) is 0 Å². The molecule has 1 amide bonds. The van der Waals surface area contributed by atoms with E-state index < -0.39 is 0 Å². The van der Waals surface area contributed by atoms with E-state index in [1.807, 2.05) is 17.0 Å². The number of hydrogen-bond donors (Lipinski definition) is 0. The monoisotopic (exact) mass is 332 g/mol. The van der Waals surface area contributed by atoms with Gasteiger partial charge in [0, 0.05) is 32.7 Å². The molecule has 3 rings (SSSR count). The van der Waals surface area contributed by atoms with Crippen molar-refractivity contribution in [2.45, 2.75) is 26.3 Å². The van der Waals surface area contributed by atoms with Gasteiger partial charge in [-0.05, 0) is 31.0 Å². The summed E-state index contributed by atoms with van der Waals surface area (Å²) in [6.45, 7) is 5.71. The van der Waals surface area contributed by atoms with Crippen LogP contribution in [0, 0.1) is 12.7 Å². The Balaban J connectivity index is 1.53. The number of aryl methyl sites for hydroxylation is 1. The number of carbonyl (C=O) groups is 1. The average molecular weight is 332 g/mol. The van der Waals surface area contributed by atoms with E-state index in [1.165, 1.54) is 12.1 Å². The zero-order valence-corrected chi connectivity index (χ0v) is 13.7. The number of halogens is 1. The first-order valence-electron chi connectivity index (χ1n) is 8.14. The standard InChI is InChI=1S/C17H21FN4O2/c1-13-16(20-24-19-13)11-17(23)22-8-2-7-21(9-10-22)12-14-3-5-15(18)6-4-14/h3-6H,2,7-12H2,1H3. The first-order chi connectivity index (χ1) is 11.6. The molecule has 1 aliphatic rings. The van der Waals surface area contributed by atoms with Crippen molar-refractivity contribution in [3.63, 3.8) is 0 Å². The van der Waals surface area contributed by atoms with Crippen LogP contribution < -0.4 is 0 Å². The van der Waals surface area contributed by atoms with Gasteiger partial charge in [0.2, 0.25) is 5.91 Å². The molecule has 1 aromatic heterocycles. The third-order valence-electron chi connectivity index (χ3n) is 4.33. The number of hydrogen-bond acceptors (Lipinski definition) is 5. The van der Waals surface area contributed by atoms with Crippen LogP contribution in [0.3, 0.4) is 0 Å². The third-order valence-corrected chi connectivity index (χ3v) is 4.33. The van der Waals surface area contributed by atoms with Crippen LogP contribution >= 0.6 is 0 Å². The lowest BCUT2D eigenvalue weighted by molar-refractivity contribution is -0.130. The number of aromatic nitrogens is 2. The maximum atomic E-state index is 13.0. The minimum absolute atomic E-state index is 0.0532. The zero-order valence-electron chi connectivity index (χ0n) is 13.7. The highest BCUT2D eigenvalue weighted by Gasteiger charge is 2.21. The van der Waals surface area contributed by atoms with Crippen LogP contribution in [0.15, 0.2) is 28.9 Å². The summed E-state index contributed by atoms with van der Waals surface area (Å²) >= 11 is 0. The summed E-state index contributed by atoms with van der Waals surface area (Å²) < 4.78 is 17.6. The van der Waals surface area contributed by atoms with Crippen molar-refractivity contribution >= 4 is 5.91 Å². The van der Waals surface area contributed by atoms with E-state index >= 15 is 0 Å². The van der Waals surface area contributed by atoms with Gasteiger partial charge in [-0.1, -0.05) is 22.4 Å². The predicted molar refractivity (Wildman–Crippen MR) is 85.6 cm³/mol. The Labute approximate surface area is 140 Å². The Bertz CT molecular complexity index is 686. The summed E-state index contributed by atoms with van der Waals surface area (Å²) in [5.74, 6) is -0.165. The fraction of sp³-hybridized carbons (Fsp3) is 0.471. The van der Waals surface area contributed by atoms with Gasteiger partial charge in [0.05, 0.1) is 6.42 Å². The fourth-order valence-corrected chi connectivity index (χ4v) is 2.89. The van der Waals surface area contributed by atoms with Gasteiger partial charge in [0.25, 0.3) is 0 Å². The molecule has 0 bridgehead atoms. The van der Waals surface area contributed by atoms with Gasteiger partial charge in [-0.25, -0.2) is 9.02 Å². The molecule has 1 saturated heterocycles. The summed E-state index contributed by atoms with van der Waals surface area (Å²) in [4.78, 5) is 16.6. The van der Waals surface area contributed by atoms with E-state index in [-0.39, 0.29) is 18.1 Å². The Morgan fingerprint density at radius 2 is 1.96 bits per heavy atom. The largest absolute Gasteiger partial charge is 0.341 e. The number of nitrogens with zero attached hydrogens (tertiary/aromatic N) is 4. The molecule has 0 atom stereocenters. The van der Waals surface area contributed by atoms with Gasteiger partial charge in [-0.2, -0.15) is 0 Å². The molecule has 0 radical (unpaired) electrons. The summed E-state index contributed by atoms with van der Waals surface area (Å²) in [6, 6.07) is 6.58. The predicted octanol–water partition coefficient (Wildman–Crippen LogP) is 1.79. The van der Waals surface area contributed by atoms with Gasteiger partial charge in [0.1, 0.15) is 17.2 Å². The van der Waals surface area contributed by atoms with Crippen LogP contribution in [-0.4, -0.2) is 52.2 Å². The lowest BCUT2D eigenvalue weighted by Crippen LogP contribution is -2.36. The van der Waals surface area contributed by atoms with E-state index in [2.05, 4.69) is 19.8 Å². The number of amides is 1. The van der Waals surface area contributed by atoms with E-state index in [0.29, 0.717) is 17.9 Å². The summed E-state index contributed by atoms with van der Waals surface area (Å²) in [5, 5.41) is 7.48. The van der Waals surface area contributed by atoms with Gasteiger partial charge in [-0.3, -0.25) is 9.69 Å². The second-order valence-electron chi connectivity index (χ2n) is 6.11. The molecule has 2 heterocycles. The van der Waals surface area contributed by atoms with E-state index in [0.717, 1.165) is 38.2 Å². The lowest BCUT2D eigenvalue weighted by Gasteiger charge is -2.22. The Kier molecular flexibility index (Phi) is 5.20. The molecule has 0 unspecified atom stereocenters. The van der Waals surface area contributed by atoms with Crippen molar-refractivity contribution < 1.29 is 13.8 Å². The van der Waals surface area contributed by atoms with Crippen molar-refractivity contribution in [1.29, 1.82) is 0 Å². The molecule has 0 spiro atoms. The van der Waals surface area contributed by atoms with Crippen LogP contribution in [0.5, 0.6) is 0 Å². The Hall–Kier alpha value is -2.28. The minimum atomic E-state index is -0.218. The highest BCUT2D eigenvalue weighted by molar-refractivity contribution is 5.78. The maximum absolute atomic E-state index is 13.0. The molecule has 24 heavy (non-hydrogen) atoms. The fourth-order valence-electron chi connectivity index (χ4n) is 2.89. The SMILES string of the molecule is Cc1nonc1CC(=O)N1CCCN(Cc2ccc(F)cc2)CC1. The lowest BCUT2D eigenvalue weighted by atomic mass is 10.2. The second kappa shape index (κ2) is 7.53. The first-order valence-corrected chi connectivity index (χ1v) is 8.14. The normalized spacial score (nSPS) is 16.2. The van der Waals surface area contributed by atoms with E-state index in [4.69, 9.17) is 0 Å². The van der Waals surface area contributed by atoms with Gasteiger partial charge in [0.15, 0.2) is 0 Å². The number of benzene rings is 1. The van der Waals surface area contributed by atoms with E-state index in [9.17, 15) is 9.18 Å². The highest BCUT2D eigenvalue weighted by atomic mass is 19.1. The summed E-state index contributed by atoms with van der Waals surface area (Å²) in [6.07, 6.45) is 1.15. The smallest absolute Gasteiger partial charge is 0.228 e. The Morgan fingerprint density at radius 3 is 2.67 bits per heavy atom. The van der Waals surface area contributed by atoms with Crippen LogP contribution in [0.2, 0.25) is 0 Å². The molecule has 0 N–H and O–H groups in total. The quantitative estimate of drug-likeness (QED) is 0.854. The van der Waals surface area contributed by atoms with Crippen molar-refractivity contribution in [3.05, 3.63) is 47.0 Å². The maximum Gasteiger partial charge on any atom is 0.228 e. The number of rotatable bonds is 4. The first kappa shape index (κ1) is 16.6. The molecular formula is C17H21FN4O2. The van der Waals surface area contributed by atoms with Crippen molar-refractivity contribution in [1.82, 2.24) is 20.1 Å². The molecule has 128 valence electrons. The molecule has 1 aliphatic heterocycles. The minimum Gasteiger partial charge on any atom is -0.341 e. The van der Waals surface area contributed by atoms with Gasteiger partial charge >= 0.3 is 0 Å². The zero-order chi connectivity index (χ0) is 16.9. The van der Waals surface area contributed by atoms with Crippen molar-refractivity contribution in [3.8, 4) is 0 Å². The van der Waals surface area contributed by atoms with Gasteiger partial charge in [-0.15, -0.1) is 0 Å². The van der Waals surface area contributed by atoms with E-state index in [1.54, 1.807) is 6.92 Å². The molecular weight excluding hydrogens is 311 g/mol. The summed E-state index contributed by atoms with van der Waals surface area (Å²) in [7, 11) is 0. The van der Waals surface area contributed by atoms with Crippen LogP contribution in [0.4, 0.5) is 4.39 Å². The van der Waals surface area contributed by atoms with Crippen LogP contribution in [0.1, 0.15) is 23.4 Å². The average Bonchev–Trinajstić information content (AvgIpc) is 2.83. The molecule has 1 fully saturated rings. The van der Waals surface area contributed by atoms with Crippen LogP contribution in [0.25, 0.3) is 0 Å². The summed E-state index contributed by atoms with van der Waals surface area (Å²) in [5.41, 5.74) is 2.35. The van der Waals surface area contributed by atoms with Crippen LogP contribution in [-0.2, 0) is 17.8 Å².